The van der Waals surface area contributed by atoms with Crippen LogP contribution in [0.25, 0.3) is 0 Å². The normalized spacial score (nSPS) is 10.7. The molecule has 242 valence electrons. The molecular weight excluding hydrogens is 683 g/mol. The van der Waals surface area contributed by atoms with E-state index in [1.54, 1.807) is 19.2 Å². The van der Waals surface area contributed by atoms with Crippen LogP contribution >= 0.6 is 11.6 Å². The van der Waals surface area contributed by atoms with Gasteiger partial charge >= 0.3 is 0 Å². The van der Waals surface area contributed by atoms with Crippen molar-refractivity contribution in [2.75, 3.05) is 13.7 Å². The second kappa shape index (κ2) is 22.2. The summed E-state index contributed by atoms with van der Waals surface area (Å²) in [4.78, 5) is 15.6. The first-order valence-corrected chi connectivity index (χ1v) is 16.8. The molecule has 5 nitrogen and oxygen atoms in total. The van der Waals surface area contributed by atoms with Crippen LogP contribution < -0.4 is 38.0 Å². The Labute approximate surface area is 288 Å². The Kier molecular flexibility index (Phi) is 19.1. The maximum absolute atomic E-state index is 13.8. The molecule has 0 aliphatic rings. The number of hydrogen-bond donors (Lipinski definition) is 0. The molecule has 1 aromatic heterocycles. The molecule has 0 radical (unpaired) electrons. The molecule has 7 heteroatoms. The van der Waals surface area contributed by atoms with Gasteiger partial charge in [-0.3, -0.25) is 4.79 Å². The summed E-state index contributed by atoms with van der Waals surface area (Å²) < 4.78 is 14.1. The van der Waals surface area contributed by atoms with Crippen molar-refractivity contribution in [2.24, 2.45) is 0 Å². The standard InChI is InChI=1S/C37H52ClN2O3.HI/c1-4-6-7-8-9-10-11-12-13-14-15-18-28-43-36-32(20-19-23-35(36)42-3)30-40(29-31-24-26-39(5-2)27-25-31)37(41)33-21-16-17-22-34(33)38;/h16-17,19-27H,4-15,18,28-30H2,1-3H3;1H/q+1;/p-1. The lowest BCUT2D eigenvalue weighted by atomic mass is 10.1. The van der Waals surface area contributed by atoms with Gasteiger partial charge in [-0.15, -0.1) is 0 Å². The molecule has 0 N–H and O–H groups in total. The average molecular weight is 735 g/mol. The van der Waals surface area contributed by atoms with Crippen LogP contribution in [0, 0.1) is 0 Å². The molecule has 0 saturated carbocycles. The number of para-hydroxylation sites is 1. The highest BCUT2D eigenvalue weighted by Gasteiger charge is 2.22. The minimum atomic E-state index is -0.118. The Balaban J connectivity index is 0.00000675. The number of hydrogen-bond acceptors (Lipinski definition) is 3. The number of aromatic nitrogens is 1. The first kappa shape index (κ1) is 37.9. The van der Waals surface area contributed by atoms with Gasteiger partial charge < -0.3 is 38.4 Å². The number of nitrogens with zero attached hydrogens (tertiary/aromatic N) is 2. The molecule has 0 spiro atoms. The quantitative estimate of drug-likeness (QED) is 0.0706. The zero-order valence-electron chi connectivity index (χ0n) is 27.0. The molecule has 3 aromatic rings. The summed E-state index contributed by atoms with van der Waals surface area (Å²) in [6.45, 7) is 6.72. The van der Waals surface area contributed by atoms with Crippen LogP contribution in [0.2, 0.25) is 5.02 Å². The van der Waals surface area contributed by atoms with Gasteiger partial charge in [0, 0.05) is 24.2 Å². The Hall–Kier alpha value is -2.32. The van der Waals surface area contributed by atoms with Gasteiger partial charge in [0.15, 0.2) is 23.9 Å². The molecule has 1 heterocycles. The third-order valence-electron chi connectivity index (χ3n) is 7.98. The number of carbonyl (C=O) groups is 1. The fourth-order valence-corrected chi connectivity index (χ4v) is 5.58. The molecule has 0 aliphatic carbocycles. The van der Waals surface area contributed by atoms with Crippen molar-refractivity contribution < 1.29 is 42.8 Å². The van der Waals surface area contributed by atoms with Gasteiger partial charge in [-0.1, -0.05) is 113 Å². The first-order valence-electron chi connectivity index (χ1n) is 16.4. The van der Waals surface area contributed by atoms with E-state index in [2.05, 4.69) is 30.5 Å². The van der Waals surface area contributed by atoms with Gasteiger partial charge in [0.05, 0.1) is 30.8 Å². The second-order valence-corrected chi connectivity index (χ2v) is 11.8. The summed E-state index contributed by atoms with van der Waals surface area (Å²) in [5.41, 5.74) is 2.45. The van der Waals surface area contributed by atoms with Crippen LogP contribution in [-0.2, 0) is 19.6 Å². The van der Waals surface area contributed by atoms with Crippen LogP contribution in [0.4, 0.5) is 0 Å². The van der Waals surface area contributed by atoms with Crippen molar-refractivity contribution in [3.8, 4) is 11.5 Å². The number of methoxy groups -OCH3 is 1. The van der Waals surface area contributed by atoms with Gasteiger partial charge in [-0.05, 0) is 37.1 Å². The number of amides is 1. The largest absolute Gasteiger partial charge is 1.00 e. The molecule has 1 amide bonds. The highest BCUT2D eigenvalue weighted by molar-refractivity contribution is 6.33. The molecule has 0 aliphatic heterocycles. The lowest BCUT2D eigenvalue weighted by Crippen LogP contribution is -3.00. The molecule has 2 aromatic carbocycles. The number of carbonyl (C=O) groups excluding carboxylic acids is 1. The van der Waals surface area contributed by atoms with Gasteiger partial charge in [-0.25, -0.2) is 4.57 Å². The van der Waals surface area contributed by atoms with E-state index in [0.29, 0.717) is 41.8 Å². The average Bonchev–Trinajstić information content (AvgIpc) is 3.03. The number of halogens is 2. The van der Waals surface area contributed by atoms with Crippen molar-refractivity contribution in [3.05, 3.63) is 88.7 Å². The third-order valence-corrected chi connectivity index (χ3v) is 8.31. The topological polar surface area (TPSA) is 42.7 Å². The lowest BCUT2D eigenvalue weighted by Gasteiger charge is -2.25. The van der Waals surface area contributed by atoms with E-state index in [0.717, 1.165) is 30.5 Å². The molecule has 0 saturated heterocycles. The van der Waals surface area contributed by atoms with E-state index in [1.165, 1.54) is 64.2 Å². The van der Waals surface area contributed by atoms with Crippen molar-refractivity contribution in [3.63, 3.8) is 0 Å². The SMILES string of the molecule is CCCCCCCCCCCCCCOc1c(CN(Cc2cc[n+](CC)cc2)C(=O)c2ccccc2Cl)cccc1OC.[I-]. The van der Waals surface area contributed by atoms with Crippen molar-refractivity contribution in [1.82, 2.24) is 4.90 Å². The Morgan fingerprint density at radius 1 is 0.773 bits per heavy atom. The number of aryl methyl sites for hydroxylation is 1. The van der Waals surface area contributed by atoms with Gasteiger partial charge in [-0.2, -0.15) is 0 Å². The Morgan fingerprint density at radius 2 is 1.39 bits per heavy atom. The fourth-order valence-electron chi connectivity index (χ4n) is 5.36. The van der Waals surface area contributed by atoms with E-state index in [-0.39, 0.29) is 29.9 Å². The highest BCUT2D eigenvalue weighted by Crippen LogP contribution is 2.33. The van der Waals surface area contributed by atoms with Gasteiger partial charge in [0.2, 0.25) is 0 Å². The van der Waals surface area contributed by atoms with Crippen LogP contribution in [0.3, 0.4) is 0 Å². The number of benzene rings is 2. The fraction of sp³-hybridized carbons (Fsp3) is 0.514. The van der Waals surface area contributed by atoms with E-state index in [4.69, 9.17) is 21.1 Å². The molecule has 44 heavy (non-hydrogen) atoms. The minimum absolute atomic E-state index is 0. The monoisotopic (exact) mass is 734 g/mol. The summed E-state index contributed by atoms with van der Waals surface area (Å²) in [5.74, 6) is 1.28. The summed E-state index contributed by atoms with van der Waals surface area (Å²) in [7, 11) is 1.66. The molecule has 0 unspecified atom stereocenters. The highest BCUT2D eigenvalue weighted by atomic mass is 127. The van der Waals surface area contributed by atoms with Crippen LogP contribution in [0.1, 0.15) is 112 Å². The molecule has 0 bridgehead atoms. The van der Waals surface area contributed by atoms with Gasteiger partial charge in [0.1, 0.15) is 6.54 Å². The van der Waals surface area contributed by atoms with E-state index in [9.17, 15) is 4.79 Å². The third kappa shape index (κ3) is 13.0. The summed E-state index contributed by atoms with van der Waals surface area (Å²) in [6.07, 6.45) is 19.7. The zero-order chi connectivity index (χ0) is 30.7. The summed E-state index contributed by atoms with van der Waals surface area (Å²) in [5, 5.41) is 0.448. The predicted octanol–water partition coefficient (Wildman–Crippen LogP) is 6.58. The van der Waals surface area contributed by atoms with E-state index in [1.807, 2.05) is 47.6 Å². The molecule has 0 atom stereocenters. The summed E-state index contributed by atoms with van der Waals surface area (Å²) >= 11 is 6.46. The maximum Gasteiger partial charge on any atom is 0.255 e. The first-order chi connectivity index (χ1) is 21.1. The van der Waals surface area contributed by atoms with E-state index >= 15 is 0 Å². The minimum Gasteiger partial charge on any atom is -1.00 e. The number of ether oxygens (including phenoxy) is 2. The maximum atomic E-state index is 13.8. The molecule has 0 fully saturated rings. The Bertz CT molecular complexity index is 1220. The lowest BCUT2D eigenvalue weighted by molar-refractivity contribution is -0.693. The summed E-state index contributed by atoms with van der Waals surface area (Å²) in [6, 6.07) is 17.2. The molecule has 3 rings (SSSR count). The number of rotatable bonds is 21. The van der Waals surface area contributed by atoms with Crippen molar-refractivity contribution in [1.29, 1.82) is 0 Å². The van der Waals surface area contributed by atoms with Crippen LogP contribution in [0.15, 0.2) is 67.0 Å². The predicted molar refractivity (Wildman–Crippen MR) is 177 cm³/mol. The van der Waals surface area contributed by atoms with E-state index < -0.39 is 0 Å². The van der Waals surface area contributed by atoms with Crippen molar-refractivity contribution >= 4 is 17.5 Å². The zero-order valence-corrected chi connectivity index (χ0v) is 30.0. The number of unbranched alkanes of at least 4 members (excludes halogenated alkanes) is 11. The van der Waals surface area contributed by atoms with Crippen LogP contribution in [0.5, 0.6) is 11.5 Å². The van der Waals surface area contributed by atoms with Gasteiger partial charge in [0.25, 0.3) is 5.91 Å². The number of pyridine rings is 1. The molecular formula is C37H52ClIN2O3. The smallest absolute Gasteiger partial charge is 0.255 e. The Morgan fingerprint density at radius 3 is 1.98 bits per heavy atom. The second-order valence-electron chi connectivity index (χ2n) is 11.4. The van der Waals surface area contributed by atoms with Crippen LogP contribution in [-0.4, -0.2) is 24.5 Å². The van der Waals surface area contributed by atoms with Crippen molar-refractivity contribution in [2.45, 2.75) is 111 Å².